The number of nitrogens with zero attached hydrogens (tertiary/aromatic N) is 1. The summed E-state index contributed by atoms with van der Waals surface area (Å²) in [6, 6.07) is 1.90. The van der Waals surface area contributed by atoms with Crippen LogP contribution in [0.1, 0.15) is 19.4 Å². The van der Waals surface area contributed by atoms with E-state index in [-0.39, 0.29) is 0 Å². The highest BCUT2D eigenvalue weighted by Crippen LogP contribution is 2.25. The van der Waals surface area contributed by atoms with Gasteiger partial charge in [0.05, 0.1) is 6.10 Å². The molecule has 0 aliphatic carbocycles. The zero-order valence-electron chi connectivity index (χ0n) is 8.14. The predicted octanol–water partition coefficient (Wildman–Crippen LogP) is 2.76. The number of hydrogen-bond donors (Lipinski definition) is 0. The number of ether oxygens (including phenoxy) is 1. The van der Waals surface area contributed by atoms with Crippen LogP contribution < -0.4 is 4.74 Å². The Kier molecular flexibility index (Phi) is 3.20. The molecule has 0 atom stereocenters. The van der Waals surface area contributed by atoms with E-state index in [1.54, 1.807) is 13.8 Å². The third kappa shape index (κ3) is 2.21. The lowest BCUT2D eigenvalue weighted by atomic mass is 10.2. The summed E-state index contributed by atoms with van der Waals surface area (Å²) >= 11 is 0. The van der Waals surface area contributed by atoms with Gasteiger partial charge in [0, 0.05) is 6.07 Å². The molecule has 1 aromatic carbocycles. The minimum Gasteiger partial charge on any atom is -0.488 e. The van der Waals surface area contributed by atoms with E-state index in [0.29, 0.717) is 6.07 Å². The van der Waals surface area contributed by atoms with E-state index in [1.165, 1.54) is 6.07 Å². The molecule has 0 saturated heterocycles. The van der Waals surface area contributed by atoms with Crippen LogP contribution >= 0.6 is 0 Å². The van der Waals surface area contributed by atoms with Gasteiger partial charge in [-0.3, -0.25) is 0 Å². The van der Waals surface area contributed by atoms with Crippen LogP contribution in [0.25, 0.3) is 0 Å². The van der Waals surface area contributed by atoms with Gasteiger partial charge in [-0.2, -0.15) is 9.65 Å². The van der Waals surface area contributed by atoms with Crippen LogP contribution in [-0.2, 0) is 0 Å². The number of hydrogen-bond acceptors (Lipinski definition) is 2. The summed E-state index contributed by atoms with van der Waals surface area (Å²) < 4.78 is 44.1. The van der Waals surface area contributed by atoms with Crippen molar-refractivity contribution in [2.45, 2.75) is 20.0 Å². The first kappa shape index (κ1) is 11.4. The molecule has 0 fully saturated rings. The quantitative estimate of drug-likeness (QED) is 0.710. The highest BCUT2D eigenvalue weighted by molar-refractivity contribution is 5.39. The Morgan fingerprint density at radius 2 is 1.87 bits per heavy atom. The summed E-state index contributed by atoms with van der Waals surface area (Å²) in [5.41, 5.74) is -0.941. The molecule has 0 aliphatic heterocycles. The fourth-order valence-corrected chi connectivity index (χ4v) is 1.02. The zero-order valence-corrected chi connectivity index (χ0v) is 8.14. The summed E-state index contributed by atoms with van der Waals surface area (Å²) in [5, 5.41) is 8.36. The summed E-state index contributed by atoms with van der Waals surface area (Å²) in [4.78, 5) is 0. The average molecular weight is 215 g/mol. The van der Waals surface area contributed by atoms with Gasteiger partial charge in [0.25, 0.3) is 0 Å². The first-order valence-electron chi connectivity index (χ1n) is 4.21. The van der Waals surface area contributed by atoms with E-state index in [4.69, 9.17) is 10.00 Å². The fraction of sp³-hybridized carbons (Fsp3) is 0.300. The maximum Gasteiger partial charge on any atom is 0.202 e. The van der Waals surface area contributed by atoms with E-state index in [0.717, 1.165) is 0 Å². The molecule has 15 heavy (non-hydrogen) atoms. The smallest absolute Gasteiger partial charge is 0.202 e. The largest absolute Gasteiger partial charge is 0.488 e. The Morgan fingerprint density at radius 3 is 2.33 bits per heavy atom. The normalized spacial score (nSPS) is 10.2. The second-order valence-corrected chi connectivity index (χ2v) is 3.14. The molecule has 0 N–H and O–H groups in total. The molecule has 0 aliphatic rings. The minimum atomic E-state index is -1.52. The van der Waals surface area contributed by atoms with Gasteiger partial charge >= 0.3 is 0 Å². The van der Waals surface area contributed by atoms with Crippen LogP contribution in [0.5, 0.6) is 5.75 Å². The summed E-state index contributed by atoms with van der Waals surface area (Å²) in [6.07, 6.45) is -0.411. The number of benzene rings is 1. The zero-order chi connectivity index (χ0) is 11.6. The Morgan fingerprint density at radius 1 is 1.27 bits per heavy atom. The summed E-state index contributed by atoms with van der Waals surface area (Å²) in [5.74, 6) is -4.53. The van der Waals surface area contributed by atoms with Crippen molar-refractivity contribution in [1.29, 1.82) is 5.26 Å². The second kappa shape index (κ2) is 4.22. The van der Waals surface area contributed by atoms with E-state index >= 15 is 0 Å². The Hall–Kier alpha value is -1.70. The molecular weight excluding hydrogens is 207 g/mol. The number of nitriles is 1. The lowest BCUT2D eigenvalue weighted by molar-refractivity contribution is 0.226. The van der Waals surface area contributed by atoms with Crippen LogP contribution in [0.15, 0.2) is 6.07 Å². The first-order valence-corrected chi connectivity index (χ1v) is 4.21. The fourth-order valence-electron chi connectivity index (χ4n) is 1.02. The summed E-state index contributed by atoms with van der Waals surface area (Å²) in [6.45, 7) is 3.18. The van der Waals surface area contributed by atoms with Crippen LogP contribution in [0.2, 0.25) is 0 Å². The molecule has 0 bridgehead atoms. The monoisotopic (exact) mass is 215 g/mol. The first-order chi connectivity index (χ1) is 6.97. The second-order valence-electron chi connectivity index (χ2n) is 3.14. The van der Waals surface area contributed by atoms with Gasteiger partial charge in [-0.1, -0.05) is 0 Å². The van der Waals surface area contributed by atoms with Gasteiger partial charge in [-0.15, -0.1) is 0 Å². The van der Waals surface area contributed by atoms with Gasteiger partial charge in [0.15, 0.2) is 11.6 Å². The van der Waals surface area contributed by atoms with E-state index < -0.39 is 34.9 Å². The predicted molar refractivity (Wildman–Crippen MR) is 46.8 cm³/mol. The molecule has 0 unspecified atom stereocenters. The van der Waals surface area contributed by atoms with E-state index in [1.807, 2.05) is 0 Å². The maximum absolute atomic E-state index is 13.2. The summed E-state index contributed by atoms with van der Waals surface area (Å²) in [7, 11) is 0. The lowest BCUT2D eigenvalue weighted by Gasteiger charge is -2.11. The van der Waals surface area contributed by atoms with Crippen LogP contribution in [-0.4, -0.2) is 6.10 Å². The molecule has 0 spiro atoms. The number of halogens is 3. The van der Waals surface area contributed by atoms with Crippen molar-refractivity contribution in [3.63, 3.8) is 0 Å². The van der Waals surface area contributed by atoms with Crippen molar-refractivity contribution in [3.8, 4) is 11.8 Å². The topological polar surface area (TPSA) is 33.0 Å². The van der Waals surface area contributed by atoms with Crippen molar-refractivity contribution >= 4 is 0 Å². The van der Waals surface area contributed by atoms with Gasteiger partial charge in [0.1, 0.15) is 17.4 Å². The molecule has 2 nitrogen and oxygen atoms in total. The molecule has 0 radical (unpaired) electrons. The van der Waals surface area contributed by atoms with Gasteiger partial charge in [0.2, 0.25) is 5.82 Å². The van der Waals surface area contributed by atoms with E-state index in [2.05, 4.69) is 0 Å². The molecule has 80 valence electrons. The van der Waals surface area contributed by atoms with Crippen molar-refractivity contribution in [1.82, 2.24) is 0 Å². The van der Waals surface area contributed by atoms with Gasteiger partial charge in [-0.25, -0.2) is 8.78 Å². The standard InChI is InChI=1S/C10H8F3NO/c1-5(2)15-8-3-7(11)6(4-14)9(12)10(8)13/h3,5H,1-2H3. The Bertz CT molecular complexity index is 424. The van der Waals surface area contributed by atoms with Crippen LogP contribution in [0.4, 0.5) is 13.2 Å². The van der Waals surface area contributed by atoms with Crippen molar-refractivity contribution in [3.05, 3.63) is 29.1 Å². The molecule has 1 rings (SSSR count). The van der Waals surface area contributed by atoms with Crippen molar-refractivity contribution in [2.75, 3.05) is 0 Å². The Labute approximate surface area is 84.9 Å². The molecule has 0 amide bonds. The third-order valence-electron chi connectivity index (χ3n) is 1.60. The molecule has 5 heteroatoms. The van der Waals surface area contributed by atoms with E-state index in [9.17, 15) is 13.2 Å². The third-order valence-corrected chi connectivity index (χ3v) is 1.60. The van der Waals surface area contributed by atoms with Crippen molar-refractivity contribution in [2.24, 2.45) is 0 Å². The molecule has 0 heterocycles. The van der Waals surface area contributed by atoms with Crippen LogP contribution in [0.3, 0.4) is 0 Å². The minimum absolute atomic E-state index is 0.411. The number of rotatable bonds is 2. The van der Waals surface area contributed by atoms with Crippen LogP contribution in [0, 0.1) is 28.8 Å². The average Bonchev–Trinajstić information content (AvgIpc) is 2.14. The highest BCUT2D eigenvalue weighted by atomic mass is 19.2. The highest BCUT2D eigenvalue weighted by Gasteiger charge is 2.20. The van der Waals surface area contributed by atoms with Crippen molar-refractivity contribution < 1.29 is 17.9 Å². The molecular formula is C10H8F3NO. The SMILES string of the molecule is CC(C)Oc1cc(F)c(C#N)c(F)c1F. The Balaban J connectivity index is 3.29. The molecule has 1 aromatic rings. The lowest BCUT2D eigenvalue weighted by Crippen LogP contribution is -2.09. The van der Waals surface area contributed by atoms with Gasteiger partial charge in [-0.05, 0) is 13.8 Å². The molecule has 0 saturated carbocycles. The molecule has 0 aromatic heterocycles. The van der Waals surface area contributed by atoms with Gasteiger partial charge < -0.3 is 4.74 Å². The maximum atomic E-state index is 13.2.